The number of aryl methyl sites for hydroxylation is 1. The second-order valence-corrected chi connectivity index (χ2v) is 10.7. The first-order valence-corrected chi connectivity index (χ1v) is 11.8. The summed E-state index contributed by atoms with van der Waals surface area (Å²) in [6.45, 7) is 4.26. The van der Waals surface area contributed by atoms with Crippen LogP contribution >= 0.6 is 0 Å². The number of fused-ring (bicyclic) bond motifs is 1. The molecule has 1 atom stereocenters. The molecule has 0 N–H and O–H groups in total. The molecule has 35 heavy (non-hydrogen) atoms. The van der Waals surface area contributed by atoms with Crippen molar-refractivity contribution in [3.63, 3.8) is 0 Å². The molecule has 8 nitrogen and oxygen atoms in total. The van der Waals surface area contributed by atoms with E-state index in [4.69, 9.17) is 4.42 Å². The smallest absolute Gasteiger partial charge is 0.415 e. The Morgan fingerprint density at radius 3 is 2.43 bits per heavy atom. The van der Waals surface area contributed by atoms with Crippen LogP contribution in [0.1, 0.15) is 43.8 Å². The van der Waals surface area contributed by atoms with Crippen molar-refractivity contribution in [1.29, 1.82) is 0 Å². The van der Waals surface area contributed by atoms with Crippen LogP contribution in [0.3, 0.4) is 0 Å². The van der Waals surface area contributed by atoms with Gasteiger partial charge in [-0.05, 0) is 37.2 Å². The lowest BCUT2D eigenvalue weighted by Crippen LogP contribution is -2.35. The Morgan fingerprint density at radius 2 is 1.80 bits per heavy atom. The molecule has 15 heteroatoms. The largest absolute Gasteiger partial charge is 0.523 e. The molecule has 0 fully saturated rings. The number of hydrogen-bond acceptors (Lipinski definition) is 7. The monoisotopic (exact) mass is 526 g/mol. The Bertz CT molecular complexity index is 1320. The maximum absolute atomic E-state index is 13.5. The molecule has 0 saturated carbocycles. The highest BCUT2D eigenvalue weighted by Gasteiger charge is 2.51. The van der Waals surface area contributed by atoms with E-state index in [0.29, 0.717) is 18.2 Å². The number of allylic oxidation sites excluding steroid dienone is 2. The summed E-state index contributed by atoms with van der Waals surface area (Å²) in [6, 6.07) is 0. The Hall–Kier alpha value is -2.68. The lowest BCUT2D eigenvalue weighted by atomic mass is 9.76. The molecule has 0 amide bonds. The Kier molecular flexibility index (Phi) is 5.94. The third-order valence-electron chi connectivity index (χ3n) is 5.91. The molecule has 2 aliphatic carbocycles. The molecule has 192 valence electrons. The summed E-state index contributed by atoms with van der Waals surface area (Å²) in [6.07, 6.45) is -4.60. The molecule has 2 heterocycles. The van der Waals surface area contributed by atoms with E-state index in [0.717, 1.165) is 30.2 Å². The van der Waals surface area contributed by atoms with Gasteiger partial charge in [-0.2, -0.15) is 39.9 Å². The Balaban J connectivity index is 1.64. The van der Waals surface area contributed by atoms with E-state index in [1.54, 1.807) is 11.7 Å². The zero-order valence-electron chi connectivity index (χ0n) is 18.7. The average molecular weight is 526 g/mol. The van der Waals surface area contributed by atoms with Gasteiger partial charge < -0.3 is 4.42 Å². The van der Waals surface area contributed by atoms with Crippen molar-refractivity contribution in [1.82, 2.24) is 20.0 Å². The molecule has 2 aromatic heterocycles. The van der Waals surface area contributed by atoms with Crippen molar-refractivity contribution in [3.05, 3.63) is 34.9 Å². The van der Waals surface area contributed by atoms with Crippen LogP contribution in [0, 0.1) is 5.41 Å². The second kappa shape index (κ2) is 8.18. The van der Waals surface area contributed by atoms with Crippen molar-refractivity contribution in [2.45, 2.75) is 57.3 Å². The van der Waals surface area contributed by atoms with Crippen molar-refractivity contribution < 1.29 is 43.4 Å². The summed E-state index contributed by atoms with van der Waals surface area (Å²) < 4.78 is 112. The minimum atomic E-state index is -6.25. The topological polar surface area (TPSA) is 100 Å². The van der Waals surface area contributed by atoms with Crippen LogP contribution in [-0.4, -0.2) is 46.2 Å². The number of nitrogens with zero attached hydrogens (tertiary/aromatic N) is 4. The van der Waals surface area contributed by atoms with Crippen LogP contribution in [0.2, 0.25) is 0 Å². The molecule has 2 aliphatic rings. The lowest BCUT2D eigenvalue weighted by molar-refractivity contribution is -0.106. The van der Waals surface area contributed by atoms with Gasteiger partial charge in [-0.25, -0.2) is 0 Å². The van der Waals surface area contributed by atoms with Gasteiger partial charge in [-0.1, -0.05) is 19.9 Å². The number of rotatable bonds is 4. The third-order valence-corrected chi connectivity index (χ3v) is 6.96. The van der Waals surface area contributed by atoms with Crippen molar-refractivity contribution >= 4 is 15.7 Å². The van der Waals surface area contributed by atoms with Crippen LogP contribution in [0.4, 0.5) is 26.3 Å². The Labute approximate surface area is 195 Å². The van der Waals surface area contributed by atoms with Gasteiger partial charge >= 0.3 is 21.8 Å². The fourth-order valence-electron chi connectivity index (χ4n) is 4.09. The van der Waals surface area contributed by atoms with Gasteiger partial charge in [0, 0.05) is 23.9 Å². The van der Waals surface area contributed by atoms with E-state index in [2.05, 4.69) is 33.3 Å². The average Bonchev–Trinajstić information content (AvgIpc) is 3.31. The zero-order chi connectivity index (χ0) is 26.0. The van der Waals surface area contributed by atoms with Gasteiger partial charge in [0.1, 0.15) is 6.10 Å². The van der Waals surface area contributed by atoms with Gasteiger partial charge in [-0.3, -0.25) is 8.86 Å². The molecule has 0 spiro atoms. The summed E-state index contributed by atoms with van der Waals surface area (Å²) >= 11 is 0. The molecular formula is C20H20F6N4O4S. The molecule has 2 aromatic rings. The molecule has 0 bridgehead atoms. The molecule has 0 aliphatic heterocycles. The fourth-order valence-corrected chi connectivity index (χ4v) is 4.69. The van der Waals surface area contributed by atoms with Crippen molar-refractivity contribution in [3.8, 4) is 11.6 Å². The molecule has 0 aromatic carbocycles. The second-order valence-electron chi connectivity index (χ2n) is 9.13. The van der Waals surface area contributed by atoms with E-state index >= 15 is 0 Å². The lowest BCUT2D eigenvalue weighted by Gasteiger charge is -2.29. The van der Waals surface area contributed by atoms with Crippen LogP contribution in [0.15, 0.2) is 22.1 Å². The first kappa shape index (κ1) is 25.4. The van der Waals surface area contributed by atoms with Gasteiger partial charge in [0.05, 0.1) is 5.57 Å². The van der Waals surface area contributed by atoms with Crippen LogP contribution in [0.25, 0.3) is 17.2 Å². The highest BCUT2D eigenvalue weighted by atomic mass is 32.2. The quantitative estimate of drug-likeness (QED) is 0.329. The summed E-state index contributed by atoms with van der Waals surface area (Å²) in [5.74, 6) is -0.341. The SMILES string of the molecule is Cn1nc(-c2nnc(C3=CCC(OS(=O)(=O)C(F)(F)F)C(C(F)(F)F)=C3)o2)c2c1CC(C)(C)CC2. The van der Waals surface area contributed by atoms with Crippen molar-refractivity contribution in [2.75, 3.05) is 0 Å². The molecule has 0 saturated heterocycles. The number of alkyl halides is 6. The maximum Gasteiger partial charge on any atom is 0.523 e. The van der Waals surface area contributed by atoms with E-state index in [9.17, 15) is 34.8 Å². The summed E-state index contributed by atoms with van der Waals surface area (Å²) in [7, 11) is -4.49. The molecule has 1 unspecified atom stereocenters. The van der Waals surface area contributed by atoms with Crippen LogP contribution in [-0.2, 0) is 34.2 Å². The van der Waals surface area contributed by atoms with E-state index < -0.39 is 39.9 Å². The van der Waals surface area contributed by atoms with Crippen LogP contribution < -0.4 is 0 Å². The van der Waals surface area contributed by atoms with Gasteiger partial charge in [0.15, 0.2) is 5.69 Å². The fraction of sp³-hybridized carbons (Fsp3) is 0.550. The predicted molar refractivity (Wildman–Crippen MR) is 109 cm³/mol. The van der Waals surface area contributed by atoms with Gasteiger partial charge in [0.2, 0.25) is 5.89 Å². The minimum absolute atomic E-state index is 0.0163. The predicted octanol–water partition coefficient (Wildman–Crippen LogP) is 4.50. The molecule has 4 rings (SSSR count). The first-order valence-electron chi connectivity index (χ1n) is 10.4. The summed E-state index contributed by atoms with van der Waals surface area (Å²) in [5, 5.41) is 12.1. The highest BCUT2D eigenvalue weighted by Crippen LogP contribution is 2.41. The first-order chi connectivity index (χ1) is 16.0. The number of hydrogen-bond donors (Lipinski definition) is 0. The standard InChI is InChI=1S/C20H20F6N4O4S/c1-18(2)7-6-11-13(9-18)30(3)29-15(11)17-28-27-16(33-17)10-4-5-14(12(8-10)19(21,22)23)34-35(31,32)20(24,25)26/h4,8,14H,5-7,9H2,1-3H3. The molecule has 0 radical (unpaired) electrons. The van der Waals surface area contributed by atoms with Gasteiger partial charge in [-0.15, -0.1) is 10.2 Å². The third kappa shape index (κ3) is 4.87. The summed E-state index contributed by atoms with van der Waals surface area (Å²) in [4.78, 5) is 0. The normalized spacial score (nSPS) is 20.9. The molecular weight excluding hydrogens is 506 g/mol. The Morgan fingerprint density at radius 1 is 1.14 bits per heavy atom. The van der Waals surface area contributed by atoms with E-state index in [-0.39, 0.29) is 22.8 Å². The summed E-state index contributed by atoms with van der Waals surface area (Å²) in [5.41, 5.74) is -5.36. The highest BCUT2D eigenvalue weighted by molar-refractivity contribution is 7.87. The van der Waals surface area contributed by atoms with Crippen molar-refractivity contribution in [2.24, 2.45) is 12.5 Å². The number of aromatic nitrogens is 4. The van der Waals surface area contributed by atoms with E-state index in [1.165, 1.54) is 0 Å². The van der Waals surface area contributed by atoms with E-state index in [1.807, 2.05) is 0 Å². The minimum Gasteiger partial charge on any atom is -0.415 e. The van der Waals surface area contributed by atoms with Gasteiger partial charge in [0.25, 0.3) is 5.89 Å². The maximum atomic E-state index is 13.5. The van der Waals surface area contributed by atoms with Crippen LogP contribution in [0.5, 0.6) is 0 Å². The zero-order valence-corrected chi connectivity index (χ0v) is 19.5. The number of halogens is 6.